The molecule has 0 aromatic heterocycles. The Labute approximate surface area is 180 Å². The van der Waals surface area contributed by atoms with Gasteiger partial charge in [-0.2, -0.15) is 0 Å². The quantitative estimate of drug-likeness (QED) is 0.490. The summed E-state index contributed by atoms with van der Waals surface area (Å²) in [4.78, 5) is 24.3. The fraction of sp³-hybridized carbons (Fsp3) is 0.167. The van der Waals surface area contributed by atoms with Crippen molar-refractivity contribution < 1.29 is 23.8 Å². The van der Waals surface area contributed by atoms with Crippen LogP contribution in [0.3, 0.4) is 0 Å². The van der Waals surface area contributed by atoms with Crippen molar-refractivity contribution >= 4 is 17.5 Å². The molecular formula is C24H24N2O5. The number of hydrogen-bond donors (Lipinski definition) is 2. The van der Waals surface area contributed by atoms with Gasteiger partial charge in [-0.25, -0.2) is 0 Å². The van der Waals surface area contributed by atoms with E-state index in [1.807, 2.05) is 30.3 Å². The minimum atomic E-state index is -0.298. The first kappa shape index (κ1) is 21.7. The van der Waals surface area contributed by atoms with Gasteiger partial charge in [0.1, 0.15) is 23.9 Å². The first-order valence-electron chi connectivity index (χ1n) is 9.77. The fourth-order valence-electron chi connectivity index (χ4n) is 2.70. The van der Waals surface area contributed by atoms with Crippen molar-refractivity contribution in [1.29, 1.82) is 0 Å². The Morgan fingerprint density at radius 3 is 2.26 bits per heavy atom. The molecule has 2 N–H and O–H groups in total. The number of hydrogen-bond acceptors (Lipinski definition) is 5. The number of rotatable bonds is 10. The molecule has 0 heterocycles. The number of para-hydroxylation sites is 1. The molecular weight excluding hydrogens is 396 g/mol. The predicted octanol–water partition coefficient (Wildman–Crippen LogP) is 3.52. The van der Waals surface area contributed by atoms with Gasteiger partial charge in [-0.15, -0.1) is 0 Å². The zero-order chi connectivity index (χ0) is 21.9. The topological polar surface area (TPSA) is 85.9 Å². The molecule has 2 amide bonds. The Kier molecular flexibility index (Phi) is 7.88. The number of carbonyl (C=O) groups is 2. The smallest absolute Gasteiger partial charge is 0.262 e. The van der Waals surface area contributed by atoms with Crippen molar-refractivity contribution in [1.82, 2.24) is 5.32 Å². The lowest BCUT2D eigenvalue weighted by Crippen LogP contribution is -2.28. The van der Waals surface area contributed by atoms with Crippen LogP contribution >= 0.6 is 0 Å². The lowest BCUT2D eigenvalue weighted by atomic mass is 10.2. The second-order valence-electron chi connectivity index (χ2n) is 6.51. The van der Waals surface area contributed by atoms with Crippen LogP contribution in [0.15, 0.2) is 78.9 Å². The van der Waals surface area contributed by atoms with Crippen LogP contribution in [0.5, 0.6) is 17.2 Å². The van der Waals surface area contributed by atoms with Crippen molar-refractivity contribution in [2.45, 2.75) is 0 Å². The van der Waals surface area contributed by atoms with Gasteiger partial charge in [0.15, 0.2) is 6.61 Å². The summed E-state index contributed by atoms with van der Waals surface area (Å²) < 4.78 is 16.2. The summed E-state index contributed by atoms with van der Waals surface area (Å²) in [5.74, 6) is 1.39. The largest absolute Gasteiger partial charge is 0.497 e. The molecule has 0 aliphatic carbocycles. The number of benzene rings is 3. The van der Waals surface area contributed by atoms with Gasteiger partial charge in [0.05, 0.1) is 13.7 Å². The molecule has 0 atom stereocenters. The van der Waals surface area contributed by atoms with Gasteiger partial charge in [-0.1, -0.05) is 24.3 Å². The third-order valence-corrected chi connectivity index (χ3v) is 4.24. The summed E-state index contributed by atoms with van der Waals surface area (Å²) in [5, 5.41) is 5.53. The maximum atomic E-state index is 12.2. The van der Waals surface area contributed by atoms with E-state index in [0.29, 0.717) is 35.9 Å². The summed E-state index contributed by atoms with van der Waals surface area (Å²) in [6.07, 6.45) is 0. The molecule has 0 spiro atoms. The lowest BCUT2D eigenvalue weighted by molar-refractivity contribution is -0.118. The molecule has 160 valence electrons. The van der Waals surface area contributed by atoms with Crippen LogP contribution in [0, 0.1) is 0 Å². The van der Waals surface area contributed by atoms with E-state index < -0.39 is 0 Å². The van der Waals surface area contributed by atoms with E-state index in [1.54, 1.807) is 55.6 Å². The zero-order valence-electron chi connectivity index (χ0n) is 17.2. The third kappa shape index (κ3) is 7.08. The first-order chi connectivity index (χ1) is 15.1. The number of amides is 2. The number of methoxy groups -OCH3 is 1. The molecule has 7 heteroatoms. The van der Waals surface area contributed by atoms with Crippen molar-refractivity contribution in [2.24, 2.45) is 0 Å². The average Bonchev–Trinajstić information content (AvgIpc) is 2.81. The van der Waals surface area contributed by atoms with E-state index >= 15 is 0 Å². The van der Waals surface area contributed by atoms with Crippen LogP contribution in [-0.2, 0) is 4.79 Å². The van der Waals surface area contributed by atoms with Crippen LogP contribution in [-0.4, -0.2) is 38.7 Å². The van der Waals surface area contributed by atoms with Gasteiger partial charge < -0.3 is 24.8 Å². The number of nitrogens with one attached hydrogen (secondary N) is 2. The Bertz CT molecular complexity index is 990. The molecule has 0 bridgehead atoms. The van der Waals surface area contributed by atoms with E-state index in [0.717, 1.165) is 5.75 Å². The molecule has 0 saturated carbocycles. The van der Waals surface area contributed by atoms with Crippen molar-refractivity contribution in [2.75, 3.05) is 32.2 Å². The molecule has 3 aromatic carbocycles. The van der Waals surface area contributed by atoms with Crippen LogP contribution in [0.4, 0.5) is 5.69 Å². The summed E-state index contributed by atoms with van der Waals surface area (Å²) >= 11 is 0. The standard InChI is InChI=1S/C24H24N2O5/c1-29-22-9-5-6-19(16-22)26-23(27)17-31-21-12-10-18(11-13-21)24(28)25-14-15-30-20-7-3-2-4-8-20/h2-13,16H,14-15,17H2,1H3,(H,25,28)(H,26,27). The molecule has 3 aromatic rings. The fourth-order valence-corrected chi connectivity index (χ4v) is 2.70. The van der Waals surface area contributed by atoms with Crippen LogP contribution in [0.25, 0.3) is 0 Å². The van der Waals surface area contributed by atoms with Gasteiger partial charge in [0.25, 0.3) is 11.8 Å². The van der Waals surface area contributed by atoms with Crippen LogP contribution in [0.1, 0.15) is 10.4 Å². The molecule has 0 fully saturated rings. The van der Waals surface area contributed by atoms with E-state index in [1.165, 1.54) is 0 Å². The number of ether oxygens (including phenoxy) is 3. The van der Waals surface area contributed by atoms with E-state index in [2.05, 4.69) is 10.6 Å². The maximum absolute atomic E-state index is 12.2. The maximum Gasteiger partial charge on any atom is 0.262 e. The minimum Gasteiger partial charge on any atom is -0.497 e. The summed E-state index contributed by atoms with van der Waals surface area (Å²) in [6, 6.07) is 23.0. The Balaban J connectivity index is 1.39. The summed E-state index contributed by atoms with van der Waals surface area (Å²) in [5.41, 5.74) is 1.11. The molecule has 0 aliphatic heterocycles. The van der Waals surface area contributed by atoms with E-state index in [9.17, 15) is 9.59 Å². The van der Waals surface area contributed by atoms with Gasteiger partial charge in [-0.3, -0.25) is 9.59 Å². The minimum absolute atomic E-state index is 0.153. The zero-order valence-corrected chi connectivity index (χ0v) is 17.2. The molecule has 0 radical (unpaired) electrons. The molecule has 0 aliphatic rings. The van der Waals surface area contributed by atoms with Crippen molar-refractivity contribution in [3.63, 3.8) is 0 Å². The van der Waals surface area contributed by atoms with Gasteiger partial charge in [-0.05, 0) is 48.5 Å². The molecule has 31 heavy (non-hydrogen) atoms. The third-order valence-electron chi connectivity index (χ3n) is 4.24. The SMILES string of the molecule is COc1cccc(NC(=O)COc2ccc(C(=O)NCCOc3ccccc3)cc2)c1. The van der Waals surface area contributed by atoms with E-state index in [4.69, 9.17) is 14.2 Å². The Hall–Kier alpha value is -4.00. The first-order valence-corrected chi connectivity index (χ1v) is 9.77. The van der Waals surface area contributed by atoms with Crippen LogP contribution < -0.4 is 24.8 Å². The summed E-state index contributed by atoms with van der Waals surface area (Å²) in [7, 11) is 1.56. The molecule has 7 nitrogen and oxygen atoms in total. The number of anilines is 1. The second-order valence-corrected chi connectivity index (χ2v) is 6.51. The second kappa shape index (κ2) is 11.3. The molecule has 3 rings (SSSR count). The molecule has 0 unspecified atom stereocenters. The Morgan fingerprint density at radius 1 is 0.806 bits per heavy atom. The Morgan fingerprint density at radius 2 is 1.52 bits per heavy atom. The monoisotopic (exact) mass is 420 g/mol. The van der Waals surface area contributed by atoms with Gasteiger partial charge >= 0.3 is 0 Å². The highest BCUT2D eigenvalue weighted by Crippen LogP contribution is 2.17. The van der Waals surface area contributed by atoms with Crippen LogP contribution in [0.2, 0.25) is 0 Å². The van der Waals surface area contributed by atoms with Gasteiger partial charge in [0, 0.05) is 17.3 Å². The highest BCUT2D eigenvalue weighted by molar-refractivity contribution is 5.94. The average molecular weight is 420 g/mol. The highest BCUT2D eigenvalue weighted by Gasteiger charge is 2.07. The molecule has 0 saturated heterocycles. The lowest BCUT2D eigenvalue weighted by Gasteiger charge is -2.10. The summed E-state index contributed by atoms with van der Waals surface area (Å²) in [6.45, 7) is 0.606. The van der Waals surface area contributed by atoms with Crippen molar-refractivity contribution in [3.8, 4) is 17.2 Å². The normalized spacial score (nSPS) is 10.1. The predicted molar refractivity (Wildman–Crippen MR) is 118 cm³/mol. The van der Waals surface area contributed by atoms with E-state index in [-0.39, 0.29) is 18.4 Å². The number of carbonyl (C=O) groups excluding carboxylic acids is 2. The highest BCUT2D eigenvalue weighted by atomic mass is 16.5. The van der Waals surface area contributed by atoms with Crippen molar-refractivity contribution in [3.05, 3.63) is 84.4 Å². The van der Waals surface area contributed by atoms with Gasteiger partial charge in [0.2, 0.25) is 0 Å².